The molecular formula is C13H16BrClFNO3S. The average molecular weight is 401 g/mol. The van der Waals surface area contributed by atoms with E-state index in [1.807, 2.05) is 13.8 Å². The fourth-order valence-corrected chi connectivity index (χ4v) is 4.00. The summed E-state index contributed by atoms with van der Waals surface area (Å²) in [5, 5.41) is 0. The Bertz CT molecular complexity index is 651. The monoisotopic (exact) mass is 399 g/mol. The number of benzene rings is 1. The summed E-state index contributed by atoms with van der Waals surface area (Å²) in [7, 11) is 1.11. The van der Waals surface area contributed by atoms with Gasteiger partial charge in [-0.3, -0.25) is 4.79 Å². The van der Waals surface area contributed by atoms with Crippen LogP contribution >= 0.6 is 26.6 Å². The van der Waals surface area contributed by atoms with Gasteiger partial charge in [0, 0.05) is 28.8 Å². The Balaban J connectivity index is 3.38. The van der Waals surface area contributed by atoms with Gasteiger partial charge < -0.3 is 4.90 Å². The lowest BCUT2D eigenvalue weighted by Gasteiger charge is -2.27. The van der Waals surface area contributed by atoms with Crippen molar-refractivity contribution >= 4 is 41.6 Å². The van der Waals surface area contributed by atoms with E-state index in [-0.39, 0.29) is 16.1 Å². The van der Waals surface area contributed by atoms with Crippen molar-refractivity contribution in [2.75, 3.05) is 6.54 Å². The molecule has 0 aromatic heterocycles. The van der Waals surface area contributed by atoms with Crippen LogP contribution in [0, 0.1) is 5.82 Å². The molecule has 1 amide bonds. The van der Waals surface area contributed by atoms with E-state index in [2.05, 4.69) is 15.9 Å². The number of carbonyl (C=O) groups excluding carboxylic acids is 1. The van der Waals surface area contributed by atoms with E-state index in [1.54, 1.807) is 11.8 Å². The largest absolute Gasteiger partial charge is 0.336 e. The molecule has 0 aliphatic carbocycles. The molecule has 0 radical (unpaired) electrons. The summed E-state index contributed by atoms with van der Waals surface area (Å²) in [5.41, 5.74) is -0.0444. The van der Waals surface area contributed by atoms with Crippen molar-refractivity contribution in [2.45, 2.75) is 38.1 Å². The van der Waals surface area contributed by atoms with E-state index in [9.17, 15) is 17.6 Å². The van der Waals surface area contributed by atoms with Crippen molar-refractivity contribution in [1.82, 2.24) is 4.90 Å². The van der Waals surface area contributed by atoms with Crippen LogP contribution in [0.5, 0.6) is 0 Å². The summed E-state index contributed by atoms with van der Waals surface area (Å²) < 4.78 is 36.5. The lowest BCUT2D eigenvalue weighted by atomic mass is 10.1. The highest BCUT2D eigenvalue weighted by molar-refractivity contribution is 9.10. The van der Waals surface area contributed by atoms with Gasteiger partial charge in [0.25, 0.3) is 15.0 Å². The third kappa shape index (κ3) is 4.17. The second kappa shape index (κ2) is 7.07. The van der Waals surface area contributed by atoms with E-state index in [0.717, 1.165) is 18.6 Å². The van der Waals surface area contributed by atoms with Gasteiger partial charge in [0.05, 0.1) is 4.47 Å². The highest BCUT2D eigenvalue weighted by atomic mass is 79.9. The van der Waals surface area contributed by atoms with Gasteiger partial charge in [-0.25, -0.2) is 12.8 Å². The van der Waals surface area contributed by atoms with Gasteiger partial charge >= 0.3 is 0 Å². The van der Waals surface area contributed by atoms with Crippen LogP contribution in [0.1, 0.15) is 37.6 Å². The fraction of sp³-hybridized carbons (Fsp3) is 0.462. The van der Waals surface area contributed by atoms with Crippen LogP contribution < -0.4 is 0 Å². The van der Waals surface area contributed by atoms with Gasteiger partial charge in [-0.1, -0.05) is 6.92 Å². The number of rotatable bonds is 5. The minimum Gasteiger partial charge on any atom is -0.336 e. The quantitative estimate of drug-likeness (QED) is 0.707. The Morgan fingerprint density at radius 3 is 2.43 bits per heavy atom. The first-order valence-electron chi connectivity index (χ1n) is 6.38. The first-order valence-corrected chi connectivity index (χ1v) is 9.48. The molecule has 1 rings (SSSR count). The van der Waals surface area contributed by atoms with Crippen LogP contribution in [0.3, 0.4) is 0 Å². The maximum absolute atomic E-state index is 13.8. The Hall–Kier alpha value is -0.660. The van der Waals surface area contributed by atoms with E-state index < -0.39 is 25.7 Å². The topological polar surface area (TPSA) is 54.5 Å². The molecule has 1 atom stereocenters. The van der Waals surface area contributed by atoms with Crippen molar-refractivity contribution in [3.05, 3.63) is 28.0 Å². The fourth-order valence-electron chi connectivity index (χ4n) is 1.91. The summed E-state index contributed by atoms with van der Waals surface area (Å²) in [6.45, 7) is 6.04. The molecule has 8 heteroatoms. The molecule has 0 saturated carbocycles. The van der Waals surface area contributed by atoms with E-state index in [4.69, 9.17) is 10.7 Å². The summed E-state index contributed by atoms with van der Waals surface area (Å²) in [4.78, 5) is 13.5. The van der Waals surface area contributed by atoms with Crippen LogP contribution in [-0.2, 0) is 9.05 Å². The first kappa shape index (κ1) is 18.4. The van der Waals surface area contributed by atoms with Gasteiger partial charge in [-0.15, -0.1) is 0 Å². The Morgan fingerprint density at radius 2 is 2.00 bits per heavy atom. The molecule has 0 fully saturated rings. The van der Waals surface area contributed by atoms with E-state index in [1.165, 1.54) is 0 Å². The molecule has 0 saturated heterocycles. The van der Waals surface area contributed by atoms with Crippen molar-refractivity contribution in [2.24, 2.45) is 0 Å². The van der Waals surface area contributed by atoms with E-state index >= 15 is 0 Å². The van der Waals surface area contributed by atoms with Gasteiger partial charge in [0.15, 0.2) is 0 Å². The first-order chi connectivity index (χ1) is 9.63. The maximum Gasteiger partial charge on any atom is 0.262 e. The molecule has 0 aliphatic heterocycles. The standard InChI is InChI=1S/C13H16BrClFNO3S/c1-4-8(3)17(5-2)13(18)9-6-10(16)12(14)11(7-9)21(15,19)20/h6-8H,4-5H2,1-3H3. The molecule has 0 aliphatic rings. The molecular weight excluding hydrogens is 385 g/mol. The van der Waals surface area contributed by atoms with Crippen LogP contribution in [0.15, 0.2) is 21.5 Å². The highest BCUT2D eigenvalue weighted by Crippen LogP contribution is 2.29. The second-order valence-corrected chi connectivity index (χ2v) is 7.88. The zero-order valence-electron chi connectivity index (χ0n) is 11.9. The van der Waals surface area contributed by atoms with Crippen LogP contribution in [0.4, 0.5) is 4.39 Å². The molecule has 1 aromatic carbocycles. The number of carbonyl (C=O) groups is 1. The molecule has 1 unspecified atom stereocenters. The lowest BCUT2D eigenvalue weighted by Crippen LogP contribution is -2.38. The zero-order chi connectivity index (χ0) is 16.4. The smallest absolute Gasteiger partial charge is 0.262 e. The summed E-state index contributed by atoms with van der Waals surface area (Å²) >= 11 is 2.83. The van der Waals surface area contributed by atoms with Gasteiger partial charge in [0.2, 0.25) is 0 Å². The molecule has 0 N–H and O–H groups in total. The summed E-state index contributed by atoms with van der Waals surface area (Å²) in [6.07, 6.45) is 0.735. The number of hydrogen-bond acceptors (Lipinski definition) is 3. The van der Waals surface area contributed by atoms with Crippen LogP contribution in [0.25, 0.3) is 0 Å². The molecule has 1 aromatic rings. The van der Waals surface area contributed by atoms with Crippen LogP contribution in [0.2, 0.25) is 0 Å². The van der Waals surface area contributed by atoms with Crippen LogP contribution in [-0.4, -0.2) is 31.8 Å². The van der Waals surface area contributed by atoms with Crippen molar-refractivity contribution in [1.29, 1.82) is 0 Å². The predicted octanol–water partition coefficient (Wildman–Crippen LogP) is 3.78. The Kier molecular flexibility index (Phi) is 6.19. The normalized spacial score (nSPS) is 13.0. The number of nitrogens with zero attached hydrogens (tertiary/aromatic N) is 1. The number of hydrogen-bond donors (Lipinski definition) is 0. The lowest BCUT2D eigenvalue weighted by molar-refractivity contribution is 0.0699. The Morgan fingerprint density at radius 1 is 1.43 bits per heavy atom. The average Bonchev–Trinajstić information content (AvgIpc) is 2.40. The molecule has 0 heterocycles. The molecule has 118 valence electrons. The molecule has 0 bridgehead atoms. The third-order valence-corrected chi connectivity index (χ3v) is 5.64. The summed E-state index contributed by atoms with van der Waals surface area (Å²) in [5.74, 6) is -1.28. The predicted molar refractivity (Wildman–Crippen MR) is 83.6 cm³/mol. The Labute approximate surface area is 136 Å². The molecule has 4 nitrogen and oxygen atoms in total. The number of amides is 1. The van der Waals surface area contributed by atoms with Crippen molar-refractivity contribution < 1.29 is 17.6 Å². The van der Waals surface area contributed by atoms with Crippen molar-refractivity contribution in [3.8, 4) is 0 Å². The third-order valence-electron chi connectivity index (χ3n) is 3.23. The van der Waals surface area contributed by atoms with E-state index in [0.29, 0.717) is 6.54 Å². The van der Waals surface area contributed by atoms with Gasteiger partial charge in [-0.2, -0.15) is 0 Å². The zero-order valence-corrected chi connectivity index (χ0v) is 15.0. The van der Waals surface area contributed by atoms with Gasteiger partial charge in [0.1, 0.15) is 10.7 Å². The molecule has 0 spiro atoms. The second-order valence-electron chi connectivity index (χ2n) is 4.56. The highest BCUT2D eigenvalue weighted by Gasteiger charge is 2.24. The minimum atomic E-state index is -4.16. The van der Waals surface area contributed by atoms with Gasteiger partial charge in [-0.05, 0) is 48.3 Å². The molecule has 21 heavy (non-hydrogen) atoms. The SMILES string of the molecule is CCC(C)N(CC)C(=O)c1cc(F)c(Br)c(S(=O)(=O)Cl)c1. The summed E-state index contributed by atoms with van der Waals surface area (Å²) in [6, 6.07) is 2.05. The number of halogens is 3. The minimum absolute atomic E-state index is 0.0368. The van der Waals surface area contributed by atoms with Crippen molar-refractivity contribution in [3.63, 3.8) is 0 Å². The maximum atomic E-state index is 13.8.